The van der Waals surface area contributed by atoms with Crippen molar-refractivity contribution in [2.45, 2.75) is 18.4 Å². The highest BCUT2D eigenvalue weighted by molar-refractivity contribution is 6.01. The van der Waals surface area contributed by atoms with Gasteiger partial charge < -0.3 is 14.4 Å². The molecule has 0 spiro atoms. The Labute approximate surface area is 159 Å². The predicted molar refractivity (Wildman–Crippen MR) is 88.3 cm³/mol. The first-order valence-electron chi connectivity index (χ1n) is 8.10. The van der Waals surface area contributed by atoms with E-state index in [1.54, 1.807) is 0 Å². The first-order chi connectivity index (χ1) is 13.7. The van der Waals surface area contributed by atoms with Crippen LogP contribution in [-0.2, 0) is 4.84 Å². The van der Waals surface area contributed by atoms with Gasteiger partial charge in [0.2, 0.25) is 5.89 Å². The molecule has 2 heterocycles. The van der Waals surface area contributed by atoms with Crippen LogP contribution >= 0.6 is 0 Å². The lowest BCUT2D eigenvalue weighted by Gasteiger charge is -2.22. The summed E-state index contributed by atoms with van der Waals surface area (Å²) in [6.07, 6.45) is -5.85. The summed E-state index contributed by atoms with van der Waals surface area (Å²) in [4.78, 5) is 4.17. The zero-order chi connectivity index (χ0) is 20.8. The van der Waals surface area contributed by atoms with E-state index in [9.17, 15) is 27.1 Å². The zero-order valence-electron chi connectivity index (χ0n) is 14.2. The third-order valence-electron chi connectivity index (χ3n) is 4.21. The second kappa shape index (κ2) is 6.62. The van der Waals surface area contributed by atoms with Gasteiger partial charge in [-0.15, -0.1) is 10.2 Å². The summed E-state index contributed by atoms with van der Waals surface area (Å²) in [5.74, 6) is -5.12. The highest BCUT2D eigenvalue weighted by Crippen LogP contribution is 2.39. The number of benzene rings is 2. The van der Waals surface area contributed by atoms with Gasteiger partial charge in [0.25, 0.3) is 5.89 Å². The van der Waals surface area contributed by atoms with E-state index in [0.29, 0.717) is 17.2 Å². The standard InChI is InChI=1S/C18H10F5N3O3/c19-11-5-6-12(13(20)7-11)16-25-24-15(28-16)10-3-1-9(2-4-10)14-8-17(27,29-26-14)18(21,22)23/h1-7,27H,8H2. The second-order valence-corrected chi connectivity index (χ2v) is 6.20. The quantitative estimate of drug-likeness (QED) is 0.658. The Morgan fingerprint density at radius 2 is 1.59 bits per heavy atom. The summed E-state index contributed by atoms with van der Waals surface area (Å²) in [6.45, 7) is 0. The Kier molecular flexibility index (Phi) is 4.34. The van der Waals surface area contributed by atoms with Gasteiger partial charge in [0.05, 0.1) is 17.7 Å². The summed E-state index contributed by atoms with van der Waals surface area (Å²) in [6, 6.07) is 8.70. The first-order valence-corrected chi connectivity index (χ1v) is 8.10. The van der Waals surface area contributed by atoms with Crippen molar-refractivity contribution in [3.8, 4) is 22.9 Å². The van der Waals surface area contributed by atoms with Crippen LogP contribution in [0.4, 0.5) is 22.0 Å². The Hall–Kier alpha value is -3.34. The third kappa shape index (κ3) is 3.44. The molecule has 3 aromatic rings. The Morgan fingerprint density at radius 3 is 2.21 bits per heavy atom. The summed E-state index contributed by atoms with van der Waals surface area (Å²) < 4.78 is 70.6. The molecule has 1 N–H and O–H groups in total. The minimum absolute atomic E-state index is 0.0201. The maximum Gasteiger partial charge on any atom is 0.458 e. The van der Waals surface area contributed by atoms with Crippen LogP contribution in [0.2, 0.25) is 0 Å². The monoisotopic (exact) mass is 411 g/mol. The molecule has 150 valence electrons. The lowest BCUT2D eigenvalue weighted by Crippen LogP contribution is -2.45. The van der Waals surface area contributed by atoms with Gasteiger partial charge in [0.15, 0.2) is 0 Å². The average molecular weight is 411 g/mol. The highest BCUT2D eigenvalue weighted by atomic mass is 19.4. The van der Waals surface area contributed by atoms with Crippen molar-refractivity contribution in [2.24, 2.45) is 5.16 Å². The van der Waals surface area contributed by atoms with Crippen LogP contribution in [0.15, 0.2) is 52.0 Å². The van der Waals surface area contributed by atoms with E-state index in [1.807, 2.05) is 0 Å². The van der Waals surface area contributed by atoms with E-state index in [0.717, 1.165) is 12.1 Å². The zero-order valence-corrected chi connectivity index (χ0v) is 14.2. The summed E-state index contributed by atoms with van der Waals surface area (Å²) in [5.41, 5.74) is 0.528. The van der Waals surface area contributed by atoms with Crippen LogP contribution in [0.5, 0.6) is 0 Å². The lowest BCUT2D eigenvalue weighted by molar-refractivity contribution is -0.355. The second-order valence-electron chi connectivity index (χ2n) is 6.20. The summed E-state index contributed by atoms with van der Waals surface area (Å²) in [7, 11) is 0. The summed E-state index contributed by atoms with van der Waals surface area (Å²) in [5, 5.41) is 20.3. The minimum atomic E-state index is -4.99. The SMILES string of the molecule is OC1(C(F)(F)F)CC(c2ccc(-c3nnc(-c4ccc(F)cc4F)o3)cc2)=NO1. The molecule has 0 amide bonds. The maximum absolute atomic E-state index is 13.8. The maximum atomic E-state index is 13.8. The molecule has 11 heteroatoms. The van der Waals surface area contributed by atoms with Crippen LogP contribution in [0.25, 0.3) is 22.9 Å². The predicted octanol–water partition coefficient (Wildman–Crippen LogP) is 4.06. The molecule has 0 fully saturated rings. The van der Waals surface area contributed by atoms with Gasteiger partial charge in [-0.1, -0.05) is 17.3 Å². The molecule has 1 aromatic heterocycles. The van der Waals surface area contributed by atoms with Crippen molar-refractivity contribution in [1.29, 1.82) is 0 Å². The molecule has 2 aromatic carbocycles. The number of halogens is 5. The van der Waals surface area contributed by atoms with E-state index in [-0.39, 0.29) is 23.1 Å². The lowest BCUT2D eigenvalue weighted by atomic mass is 10.0. The fraction of sp³-hybridized carbons (Fsp3) is 0.167. The van der Waals surface area contributed by atoms with E-state index < -0.39 is 30.0 Å². The van der Waals surface area contributed by atoms with E-state index in [2.05, 4.69) is 20.2 Å². The number of hydrogen-bond donors (Lipinski definition) is 1. The molecule has 1 atom stereocenters. The molecule has 0 bridgehead atoms. The smallest absolute Gasteiger partial charge is 0.416 e. The molecular formula is C18H10F5N3O3. The number of alkyl halides is 3. The van der Waals surface area contributed by atoms with Crippen LogP contribution in [0, 0.1) is 11.6 Å². The van der Waals surface area contributed by atoms with Crippen LogP contribution in [0.3, 0.4) is 0 Å². The largest absolute Gasteiger partial charge is 0.458 e. The van der Waals surface area contributed by atoms with Crippen LogP contribution < -0.4 is 0 Å². The van der Waals surface area contributed by atoms with Gasteiger partial charge in [-0.05, 0) is 29.8 Å². The van der Waals surface area contributed by atoms with Gasteiger partial charge in [-0.25, -0.2) is 8.78 Å². The number of aliphatic hydroxyl groups is 1. The average Bonchev–Trinajstić information content (AvgIpc) is 3.29. The van der Waals surface area contributed by atoms with Crippen LogP contribution in [0.1, 0.15) is 12.0 Å². The van der Waals surface area contributed by atoms with Crippen molar-refractivity contribution in [3.05, 3.63) is 59.7 Å². The van der Waals surface area contributed by atoms with Crippen molar-refractivity contribution in [1.82, 2.24) is 10.2 Å². The molecule has 29 heavy (non-hydrogen) atoms. The molecule has 0 saturated heterocycles. The molecule has 0 saturated carbocycles. The molecule has 0 radical (unpaired) electrons. The molecule has 0 aliphatic carbocycles. The molecular weight excluding hydrogens is 401 g/mol. The van der Waals surface area contributed by atoms with Gasteiger partial charge >= 0.3 is 12.0 Å². The molecule has 4 rings (SSSR count). The first kappa shape index (κ1) is 19.0. The number of nitrogens with zero attached hydrogens (tertiary/aromatic N) is 3. The van der Waals surface area contributed by atoms with Gasteiger partial charge in [0.1, 0.15) is 11.6 Å². The third-order valence-corrected chi connectivity index (χ3v) is 4.21. The normalized spacial score (nSPS) is 19.2. The molecule has 6 nitrogen and oxygen atoms in total. The summed E-state index contributed by atoms with van der Waals surface area (Å²) >= 11 is 0. The van der Waals surface area contributed by atoms with Crippen molar-refractivity contribution in [2.75, 3.05) is 0 Å². The van der Waals surface area contributed by atoms with Crippen molar-refractivity contribution >= 4 is 5.71 Å². The molecule has 1 aliphatic heterocycles. The Morgan fingerprint density at radius 1 is 0.931 bits per heavy atom. The van der Waals surface area contributed by atoms with Gasteiger partial charge in [-0.2, -0.15) is 13.2 Å². The van der Waals surface area contributed by atoms with Crippen molar-refractivity contribution < 1.29 is 36.3 Å². The van der Waals surface area contributed by atoms with E-state index >= 15 is 0 Å². The minimum Gasteiger partial charge on any atom is -0.416 e. The van der Waals surface area contributed by atoms with Crippen LogP contribution in [-0.4, -0.2) is 33.0 Å². The molecule has 1 unspecified atom stereocenters. The molecule has 1 aliphatic rings. The fourth-order valence-corrected chi connectivity index (χ4v) is 2.65. The van der Waals surface area contributed by atoms with Crippen molar-refractivity contribution in [3.63, 3.8) is 0 Å². The van der Waals surface area contributed by atoms with Gasteiger partial charge in [0, 0.05) is 11.6 Å². The fourth-order valence-electron chi connectivity index (χ4n) is 2.65. The number of hydrogen-bond acceptors (Lipinski definition) is 6. The Balaban J connectivity index is 1.55. The Bertz CT molecular complexity index is 1090. The topological polar surface area (TPSA) is 80.7 Å². The number of rotatable bonds is 3. The van der Waals surface area contributed by atoms with E-state index in [4.69, 9.17) is 4.42 Å². The number of oxime groups is 1. The highest BCUT2D eigenvalue weighted by Gasteiger charge is 2.60. The van der Waals surface area contributed by atoms with E-state index in [1.165, 1.54) is 24.3 Å². The van der Waals surface area contributed by atoms with Gasteiger partial charge in [-0.3, -0.25) is 0 Å². The number of aromatic nitrogens is 2.